The maximum atomic E-state index is 12.0. The monoisotopic (exact) mass is 332 g/mol. The Bertz CT molecular complexity index is 531. The van der Waals surface area contributed by atoms with Gasteiger partial charge in [-0.15, -0.1) is 0 Å². The summed E-state index contributed by atoms with van der Waals surface area (Å²) in [4.78, 5) is 16.6. The van der Waals surface area contributed by atoms with Crippen molar-refractivity contribution in [3.8, 4) is 0 Å². The molecule has 0 bridgehead atoms. The van der Waals surface area contributed by atoms with Gasteiger partial charge in [-0.25, -0.2) is 4.79 Å². The predicted octanol–water partition coefficient (Wildman–Crippen LogP) is 2.91. The number of likely N-dealkylation sites (tertiary alicyclic amines) is 1. The number of rotatable bonds is 6. The maximum absolute atomic E-state index is 12.0. The van der Waals surface area contributed by atoms with E-state index in [4.69, 9.17) is 0 Å². The van der Waals surface area contributed by atoms with Crippen LogP contribution >= 0.6 is 0 Å². The molecule has 24 heavy (non-hydrogen) atoms. The van der Waals surface area contributed by atoms with Crippen LogP contribution in [0.4, 0.5) is 4.79 Å². The molecular formula is C19H32N4O. The van der Waals surface area contributed by atoms with E-state index in [0.717, 1.165) is 64.4 Å². The van der Waals surface area contributed by atoms with Crippen LogP contribution in [0.1, 0.15) is 45.2 Å². The fraction of sp³-hybridized carbons (Fsp3) is 0.737. The van der Waals surface area contributed by atoms with Crippen molar-refractivity contribution in [2.45, 2.75) is 58.7 Å². The van der Waals surface area contributed by atoms with Crippen LogP contribution in [0.3, 0.4) is 0 Å². The highest BCUT2D eigenvalue weighted by Gasteiger charge is 2.29. The number of carbonyl (C=O) groups excluding carboxylic acids is 1. The van der Waals surface area contributed by atoms with Crippen LogP contribution < -0.4 is 5.32 Å². The number of aromatic nitrogens is 1. The largest absolute Gasteiger partial charge is 0.350 e. The fourth-order valence-corrected chi connectivity index (χ4v) is 3.82. The summed E-state index contributed by atoms with van der Waals surface area (Å²) in [6.07, 6.45) is 6.71. The Balaban J connectivity index is 1.49. The van der Waals surface area contributed by atoms with E-state index in [2.05, 4.69) is 51.9 Å². The number of piperidine rings is 1. The summed E-state index contributed by atoms with van der Waals surface area (Å²) in [6, 6.07) is 4.99. The first-order chi connectivity index (χ1) is 11.6. The van der Waals surface area contributed by atoms with E-state index in [0.29, 0.717) is 6.04 Å². The second kappa shape index (κ2) is 8.06. The summed E-state index contributed by atoms with van der Waals surface area (Å²) in [5, 5.41) is 2.98. The normalized spacial score (nSPS) is 20.6. The number of nitrogens with zero attached hydrogens (tertiary/aromatic N) is 3. The van der Waals surface area contributed by atoms with Crippen molar-refractivity contribution in [3.05, 3.63) is 24.0 Å². The number of aryl methyl sites for hydroxylation is 1. The molecule has 5 heteroatoms. The Morgan fingerprint density at radius 3 is 2.75 bits per heavy atom. The number of hydrogen-bond acceptors (Lipinski definition) is 2. The quantitative estimate of drug-likeness (QED) is 0.870. The minimum atomic E-state index is 0.141. The number of carbonyl (C=O) groups is 1. The van der Waals surface area contributed by atoms with Gasteiger partial charge in [0.05, 0.1) is 0 Å². The molecule has 0 unspecified atom stereocenters. The molecule has 0 radical (unpaired) electrons. The SMILES string of the molecule is CC(C)CCn1cccc1CN1CCC(N2CCCNC2=O)CC1. The average molecular weight is 332 g/mol. The second-order valence-corrected chi connectivity index (χ2v) is 7.66. The Morgan fingerprint density at radius 2 is 2.04 bits per heavy atom. The summed E-state index contributed by atoms with van der Waals surface area (Å²) in [5.74, 6) is 0.742. The molecular weight excluding hydrogens is 300 g/mol. The van der Waals surface area contributed by atoms with Gasteiger partial charge in [0.1, 0.15) is 0 Å². The van der Waals surface area contributed by atoms with Crippen molar-refractivity contribution in [2.75, 3.05) is 26.2 Å². The molecule has 0 saturated carbocycles. The van der Waals surface area contributed by atoms with Crippen LogP contribution in [-0.4, -0.2) is 52.6 Å². The lowest BCUT2D eigenvalue weighted by Crippen LogP contribution is -2.54. The molecule has 3 heterocycles. The van der Waals surface area contributed by atoms with Crippen molar-refractivity contribution >= 4 is 6.03 Å². The van der Waals surface area contributed by atoms with E-state index in [1.54, 1.807) is 0 Å². The highest BCUT2D eigenvalue weighted by Crippen LogP contribution is 2.20. The third kappa shape index (κ3) is 4.32. The first-order valence-corrected chi connectivity index (χ1v) is 9.54. The first kappa shape index (κ1) is 17.3. The van der Waals surface area contributed by atoms with Crippen LogP contribution in [0.2, 0.25) is 0 Å². The van der Waals surface area contributed by atoms with Gasteiger partial charge in [0.15, 0.2) is 0 Å². The highest BCUT2D eigenvalue weighted by molar-refractivity contribution is 5.75. The van der Waals surface area contributed by atoms with E-state index in [1.807, 2.05) is 0 Å². The molecule has 2 saturated heterocycles. The van der Waals surface area contributed by atoms with Gasteiger partial charge in [-0.3, -0.25) is 4.90 Å². The lowest BCUT2D eigenvalue weighted by molar-refractivity contribution is 0.108. The van der Waals surface area contributed by atoms with E-state index in [1.165, 1.54) is 12.1 Å². The van der Waals surface area contributed by atoms with Crippen molar-refractivity contribution < 1.29 is 4.79 Å². The molecule has 134 valence electrons. The van der Waals surface area contributed by atoms with Gasteiger partial charge in [0.2, 0.25) is 0 Å². The first-order valence-electron chi connectivity index (χ1n) is 9.54. The molecule has 2 amide bonds. The molecule has 1 aromatic rings. The Labute approximate surface area is 146 Å². The van der Waals surface area contributed by atoms with E-state index in [9.17, 15) is 4.79 Å². The molecule has 1 aromatic heterocycles. The minimum Gasteiger partial charge on any atom is -0.350 e. The number of hydrogen-bond donors (Lipinski definition) is 1. The third-order valence-corrected chi connectivity index (χ3v) is 5.37. The maximum Gasteiger partial charge on any atom is 0.317 e. The zero-order valence-corrected chi connectivity index (χ0v) is 15.2. The van der Waals surface area contributed by atoms with Gasteiger partial charge < -0.3 is 14.8 Å². The fourth-order valence-electron chi connectivity index (χ4n) is 3.82. The molecule has 0 atom stereocenters. The van der Waals surface area contributed by atoms with Gasteiger partial charge in [-0.2, -0.15) is 0 Å². The van der Waals surface area contributed by atoms with Gasteiger partial charge in [0, 0.05) is 57.2 Å². The van der Waals surface area contributed by atoms with E-state index in [-0.39, 0.29) is 6.03 Å². The molecule has 5 nitrogen and oxygen atoms in total. The van der Waals surface area contributed by atoms with Gasteiger partial charge in [-0.1, -0.05) is 13.8 Å². The molecule has 2 fully saturated rings. The Kier molecular flexibility index (Phi) is 5.82. The van der Waals surface area contributed by atoms with Crippen molar-refractivity contribution in [2.24, 2.45) is 5.92 Å². The zero-order chi connectivity index (χ0) is 16.9. The van der Waals surface area contributed by atoms with Crippen LogP contribution in [0, 0.1) is 5.92 Å². The van der Waals surface area contributed by atoms with Crippen molar-refractivity contribution in [3.63, 3.8) is 0 Å². The predicted molar refractivity (Wildman–Crippen MR) is 96.9 cm³/mol. The Morgan fingerprint density at radius 1 is 1.25 bits per heavy atom. The summed E-state index contributed by atoms with van der Waals surface area (Å²) in [5.41, 5.74) is 1.42. The molecule has 2 aliphatic heterocycles. The van der Waals surface area contributed by atoms with Gasteiger partial charge in [-0.05, 0) is 43.7 Å². The Hall–Kier alpha value is -1.49. The number of amides is 2. The molecule has 0 aliphatic carbocycles. The number of urea groups is 1. The van der Waals surface area contributed by atoms with Crippen molar-refractivity contribution in [1.29, 1.82) is 0 Å². The molecule has 0 spiro atoms. The lowest BCUT2D eigenvalue weighted by atomic mass is 10.0. The lowest BCUT2D eigenvalue weighted by Gasteiger charge is -2.40. The molecule has 3 rings (SSSR count). The van der Waals surface area contributed by atoms with E-state index < -0.39 is 0 Å². The highest BCUT2D eigenvalue weighted by atomic mass is 16.2. The van der Waals surface area contributed by atoms with Gasteiger partial charge in [0.25, 0.3) is 0 Å². The van der Waals surface area contributed by atoms with E-state index >= 15 is 0 Å². The third-order valence-electron chi connectivity index (χ3n) is 5.37. The summed E-state index contributed by atoms with van der Waals surface area (Å²) in [7, 11) is 0. The summed E-state index contributed by atoms with van der Waals surface area (Å²) < 4.78 is 2.41. The summed E-state index contributed by atoms with van der Waals surface area (Å²) in [6.45, 7) is 10.6. The number of nitrogens with one attached hydrogen (secondary N) is 1. The van der Waals surface area contributed by atoms with Crippen LogP contribution in [-0.2, 0) is 13.1 Å². The molecule has 1 N–H and O–H groups in total. The standard InChI is InChI=1S/C19H32N4O/c1-16(2)6-14-22-10-3-5-18(22)15-21-12-7-17(8-13-21)23-11-4-9-20-19(23)24/h3,5,10,16-17H,4,6-9,11-15H2,1-2H3,(H,20,24). The van der Waals surface area contributed by atoms with Crippen LogP contribution in [0.25, 0.3) is 0 Å². The van der Waals surface area contributed by atoms with Crippen LogP contribution in [0.15, 0.2) is 18.3 Å². The topological polar surface area (TPSA) is 40.5 Å². The van der Waals surface area contributed by atoms with Crippen molar-refractivity contribution in [1.82, 2.24) is 19.7 Å². The summed E-state index contributed by atoms with van der Waals surface area (Å²) >= 11 is 0. The minimum absolute atomic E-state index is 0.141. The smallest absolute Gasteiger partial charge is 0.317 e. The molecule has 0 aromatic carbocycles. The van der Waals surface area contributed by atoms with Crippen LogP contribution in [0.5, 0.6) is 0 Å². The zero-order valence-electron chi connectivity index (χ0n) is 15.2. The average Bonchev–Trinajstić information content (AvgIpc) is 3.01. The second-order valence-electron chi connectivity index (χ2n) is 7.66. The molecule has 2 aliphatic rings. The van der Waals surface area contributed by atoms with Gasteiger partial charge >= 0.3 is 6.03 Å².